The first-order chi connectivity index (χ1) is 9.90. The minimum Gasteiger partial charge on any atom is -0.392 e. The molecule has 110 valence electrons. The lowest BCUT2D eigenvalue weighted by Crippen LogP contribution is -2.25. The summed E-state index contributed by atoms with van der Waals surface area (Å²) in [5, 5.41) is 16.8. The Morgan fingerprint density at radius 2 is 2.29 bits per heavy atom. The highest BCUT2D eigenvalue weighted by Crippen LogP contribution is 2.27. The zero-order chi connectivity index (χ0) is 15.6. The van der Waals surface area contributed by atoms with E-state index in [0.29, 0.717) is 11.5 Å². The van der Waals surface area contributed by atoms with E-state index in [1.54, 1.807) is 13.0 Å². The molecule has 0 bridgehead atoms. The number of aryl methyl sites for hydroxylation is 1. The molecule has 8 nitrogen and oxygen atoms in total. The van der Waals surface area contributed by atoms with Crippen LogP contribution < -0.4 is 11.1 Å². The van der Waals surface area contributed by atoms with Crippen LogP contribution in [-0.2, 0) is 6.54 Å². The molecule has 0 saturated heterocycles. The lowest BCUT2D eigenvalue weighted by atomic mass is 10.1. The summed E-state index contributed by atoms with van der Waals surface area (Å²) >= 11 is 0. The normalized spacial score (nSPS) is 10.4. The Labute approximate surface area is 117 Å². The Morgan fingerprint density at radius 3 is 2.86 bits per heavy atom. The van der Waals surface area contributed by atoms with Crippen molar-refractivity contribution >= 4 is 17.3 Å². The Bertz CT molecular complexity index is 713. The number of aromatic nitrogens is 1. The second-order valence-corrected chi connectivity index (χ2v) is 4.22. The molecule has 2 rings (SSSR count). The van der Waals surface area contributed by atoms with Crippen molar-refractivity contribution in [2.45, 2.75) is 13.5 Å². The Morgan fingerprint density at radius 1 is 1.57 bits per heavy atom. The lowest BCUT2D eigenvalue weighted by molar-refractivity contribution is -0.384. The number of nitro benzene ring substituents is 1. The summed E-state index contributed by atoms with van der Waals surface area (Å²) in [6.45, 7) is 1.66. The first-order valence-corrected chi connectivity index (χ1v) is 5.83. The molecule has 1 amide bonds. The molecule has 1 aromatic heterocycles. The van der Waals surface area contributed by atoms with E-state index < -0.39 is 33.6 Å². The number of rotatable bonds is 4. The van der Waals surface area contributed by atoms with Gasteiger partial charge in [0.25, 0.3) is 11.6 Å². The third-order valence-corrected chi connectivity index (χ3v) is 2.70. The van der Waals surface area contributed by atoms with Crippen LogP contribution in [0.3, 0.4) is 0 Å². The van der Waals surface area contributed by atoms with E-state index in [2.05, 4.69) is 10.5 Å². The fourth-order valence-corrected chi connectivity index (χ4v) is 1.73. The van der Waals surface area contributed by atoms with Crippen LogP contribution in [0.2, 0.25) is 0 Å². The number of nitrogens with zero attached hydrogens (tertiary/aromatic N) is 2. The summed E-state index contributed by atoms with van der Waals surface area (Å²) in [7, 11) is 0. The van der Waals surface area contributed by atoms with Crippen molar-refractivity contribution in [3.8, 4) is 0 Å². The number of carbonyl (C=O) groups excluding carboxylic acids is 1. The number of carbonyl (C=O) groups is 1. The Hall–Kier alpha value is -2.97. The molecule has 1 heterocycles. The fraction of sp³-hybridized carbons (Fsp3) is 0.167. The number of hydrogen-bond acceptors (Lipinski definition) is 6. The van der Waals surface area contributed by atoms with Gasteiger partial charge in [-0.15, -0.1) is 0 Å². The number of nitro groups is 1. The summed E-state index contributed by atoms with van der Waals surface area (Å²) in [5.74, 6) is -1.25. The molecule has 3 N–H and O–H groups in total. The largest absolute Gasteiger partial charge is 0.392 e. The monoisotopic (exact) mass is 294 g/mol. The van der Waals surface area contributed by atoms with Crippen molar-refractivity contribution in [2.75, 3.05) is 5.73 Å². The van der Waals surface area contributed by atoms with Gasteiger partial charge in [0.1, 0.15) is 28.5 Å². The van der Waals surface area contributed by atoms with Crippen molar-refractivity contribution in [3.63, 3.8) is 0 Å². The summed E-state index contributed by atoms with van der Waals surface area (Å²) < 4.78 is 18.5. The summed E-state index contributed by atoms with van der Waals surface area (Å²) in [6.07, 6.45) is 0. The number of benzene rings is 1. The van der Waals surface area contributed by atoms with Crippen molar-refractivity contribution in [2.24, 2.45) is 0 Å². The van der Waals surface area contributed by atoms with Gasteiger partial charge in [-0.05, 0) is 13.0 Å². The average molecular weight is 294 g/mol. The number of amides is 1. The first kappa shape index (κ1) is 14.4. The summed E-state index contributed by atoms with van der Waals surface area (Å²) in [5.41, 5.74) is 4.30. The molecular weight excluding hydrogens is 283 g/mol. The van der Waals surface area contributed by atoms with E-state index in [0.717, 1.165) is 12.1 Å². The van der Waals surface area contributed by atoms with E-state index in [4.69, 9.17) is 10.3 Å². The predicted molar refractivity (Wildman–Crippen MR) is 69.9 cm³/mol. The third-order valence-electron chi connectivity index (χ3n) is 2.70. The highest BCUT2D eigenvalue weighted by Gasteiger charge is 2.23. The number of halogens is 1. The van der Waals surface area contributed by atoms with Crippen LogP contribution in [0.5, 0.6) is 0 Å². The second kappa shape index (κ2) is 5.57. The molecule has 0 fully saturated rings. The SMILES string of the molecule is Cc1cc(CNC(=O)c2c(F)ccc([N+](=O)[O-])c2N)no1. The minimum absolute atomic E-state index is 0.0161. The molecule has 0 aliphatic heterocycles. The summed E-state index contributed by atoms with van der Waals surface area (Å²) in [6, 6.07) is 3.32. The van der Waals surface area contributed by atoms with Gasteiger partial charge in [0.2, 0.25) is 0 Å². The predicted octanol–water partition coefficient (Wildman–Crippen LogP) is 1.54. The van der Waals surface area contributed by atoms with Gasteiger partial charge in [-0.25, -0.2) is 4.39 Å². The van der Waals surface area contributed by atoms with Crippen LogP contribution in [0.1, 0.15) is 21.8 Å². The van der Waals surface area contributed by atoms with Gasteiger partial charge in [-0.1, -0.05) is 5.16 Å². The molecule has 2 aromatic rings. The molecule has 0 saturated carbocycles. The van der Waals surface area contributed by atoms with Gasteiger partial charge in [-0.2, -0.15) is 0 Å². The van der Waals surface area contributed by atoms with E-state index in [9.17, 15) is 19.3 Å². The number of nitrogens with two attached hydrogens (primary N) is 1. The number of nitrogen functional groups attached to an aromatic ring is 1. The maximum atomic E-state index is 13.7. The van der Waals surface area contributed by atoms with Gasteiger partial charge in [0.15, 0.2) is 0 Å². The third kappa shape index (κ3) is 2.96. The second-order valence-electron chi connectivity index (χ2n) is 4.22. The van der Waals surface area contributed by atoms with Crippen LogP contribution in [0.4, 0.5) is 15.8 Å². The zero-order valence-electron chi connectivity index (χ0n) is 10.9. The van der Waals surface area contributed by atoms with E-state index in [1.807, 2.05) is 0 Å². The number of anilines is 1. The highest BCUT2D eigenvalue weighted by molar-refractivity contribution is 6.01. The van der Waals surface area contributed by atoms with Crippen molar-refractivity contribution in [1.82, 2.24) is 10.5 Å². The minimum atomic E-state index is -0.938. The quantitative estimate of drug-likeness (QED) is 0.500. The topological polar surface area (TPSA) is 124 Å². The Balaban J connectivity index is 2.22. The van der Waals surface area contributed by atoms with Crippen molar-refractivity contribution in [1.29, 1.82) is 0 Å². The van der Waals surface area contributed by atoms with Crippen LogP contribution in [0, 0.1) is 22.9 Å². The number of hydrogen-bond donors (Lipinski definition) is 2. The molecule has 0 radical (unpaired) electrons. The van der Waals surface area contributed by atoms with Crippen molar-refractivity contribution in [3.05, 3.63) is 51.1 Å². The first-order valence-electron chi connectivity index (χ1n) is 5.83. The standard InChI is InChI=1S/C12H11FN4O4/c1-6-4-7(16-21-6)5-15-12(18)10-8(13)2-3-9(11(10)14)17(19)20/h2-4H,5,14H2,1H3,(H,15,18). The van der Waals surface area contributed by atoms with Gasteiger partial charge in [-0.3, -0.25) is 14.9 Å². The van der Waals surface area contributed by atoms with Crippen molar-refractivity contribution < 1.29 is 18.6 Å². The molecule has 0 unspecified atom stereocenters. The van der Waals surface area contributed by atoms with Crippen LogP contribution in [0.25, 0.3) is 0 Å². The molecule has 0 atom stereocenters. The Kier molecular flexibility index (Phi) is 3.83. The zero-order valence-corrected chi connectivity index (χ0v) is 10.9. The maximum absolute atomic E-state index is 13.7. The molecule has 0 aliphatic carbocycles. The molecule has 21 heavy (non-hydrogen) atoms. The van der Waals surface area contributed by atoms with Gasteiger partial charge < -0.3 is 15.6 Å². The molecule has 1 aromatic carbocycles. The van der Waals surface area contributed by atoms with E-state index in [-0.39, 0.29) is 6.54 Å². The van der Waals surface area contributed by atoms with Gasteiger partial charge >= 0.3 is 0 Å². The highest BCUT2D eigenvalue weighted by atomic mass is 19.1. The van der Waals surface area contributed by atoms with Crippen LogP contribution in [0.15, 0.2) is 22.7 Å². The lowest BCUT2D eigenvalue weighted by Gasteiger charge is -2.07. The summed E-state index contributed by atoms with van der Waals surface area (Å²) in [4.78, 5) is 21.9. The van der Waals surface area contributed by atoms with Crippen LogP contribution >= 0.6 is 0 Å². The average Bonchev–Trinajstić information content (AvgIpc) is 2.82. The van der Waals surface area contributed by atoms with E-state index in [1.165, 1.54) is 0 Å². The smallest absolute Gasteiger partial charge is 0.293 e. The molecular formula is C12H11FN4O4. The van der Waals surface area contributed by atoms with Gasteiger partial charge in [0.05, 0.1) is 11.5 Å². The van der Waals surface area contributed by atoms with Crippen LogP contribution in [-0.4, -0.2) is 16.0 Å². The maximum Gasteiger partial charge on any atom is 0.293 e. The van der Waals surface area contributed by atoms with Gasteiger partial charge in [0, 0.05) is 12.1 Å². The molecule has 0 spiro atoms. The number of nitrogens with one attached hydrogen (secondary N) is 1. The fourth-order valence-electron chi connectivity index (χ4n) is 1.73. The molecule has 0 aliphatic rings. The van der Waals surface area contributed by atoms with E-state index >= 15 is 0 Å². The molecule has 9 heteroatoms.